The molecular weight excluding hydrogens is 280 g/mol. The van der Waals surface area contributed by atoms with Gasteiger partial charge in [0.25, 0.3) is 0 Å². The van der Waals surface area contributed by atoms with Gasteiger partial charge in [-0.1, -0.05) is 17.7 Å². The third-order valence-corrected chi connectivity index (χ3v) is 2.79. The second-order valence-electron chi connectivity index (χ2n) is 3.99. The molecule has 0 saturated carbocycles. The lowest BCUT2D eigenvalue weighted by Crippen LogP contribution is -2.02. The Morgan fingerprint density at radius 1 is 1.40 bits per heavy atom. The molecule has 2 rings (SSSR count). The molecule has 0 radical (unpaired) electrons. The molecule has 0 aliphatic rings. The second kappa shape index (κ2) is 5.59. The van der Waals surface area contributed by atoms with E-state index in [4.69, 9.17) is 26.7 Å². The second-order valence-corrected chi connectivity index (χ2v) is 4.37. The third-order valence-electron chi connectivity index (χ3n) is 2.58. The first-order chi connectivity index (χ1) is 9.51. The van der Waals surface area contributed by atoms with Crippen molar-refractivity contribution in [3.05, 3.63) is 52.2 Å². The Balaban J connectivity index is 2.47. The number of rotatable bonds is 3. The number of hydrogen-bond acceptors (Lipinski definition) is 4. The first kappa shape index (κ1) is 13.8. The lowest BCUT2D eigenvalue weighted by molar-refractivity contribution is 0.0693. The highest BCUT2D eigenvalue weighted by Gasteiger charge is 2.15. The Kier molecular flexibility index (Phi) is 3.87. The number of nitrogens with zero attached hydrogens (tertiary/aromatic N) is 2. The largest absolute Gasteiger partial charge is 0.477 e. The van der Waals surface area contributed by atoms with Crippen molar-refractivity contribution in [1.29, 1.82) is 5.26 Å². The fourth-order valence-corrected chi connectivity index (χ4v) is 1.68. The summed E-state index contributed by atoms with van der Waals surface area (Å²) >= 11 is 5.75. The van der Waals surface area contributed by atoms with E-state index in [0.29, 0.717) is 11.3 Å². The Hall–Kier alpha value is -2.58. The molecule has 1 N–H and O–H groups in total. The van der Waals surface area contributed by atoms with Crippen LogP contribution in [0.5, 0.6) is 11.6 Å². The van der Waals surface area contributed by atoms with Gasteiger partial charge in [-0.15, -0.1) is 0 Å². The van der Waals surface area contributed by atoms with Crippen LogP contribution < -0.4 is 4.74 Å². The van der Waals surface area contributed by atoms with Crippen molar-refractivity contribution in [1.82, 2.24) is 4.98 Å². The van der Waals surface area contributed by atoms with E-state index in [0.717, 1.165) is 5.56 Å². The monoisotopic (exact) mass is 288 g/mol. The van der Waals surface area contributed by atoms with Gasteiger partial charge in [-0.2, -0.15) is 5.26 Å². The highest BCUT2D eigenvalue weighted by atomic mass is 35.5. The smallest absolute Gasteiger partial charge is 0.341 e. The van der Waals surface area contributed by atoms with Crippen molar-refractivity contribution in [2.75, 3.05) is 0 Å². The van der Waals surface area contributed by atoms with Crippen molar-refractivity contribution >= 4 is 17.6 Å². The van der Waals surface area contributed by atoms with E-state index < -0.39 is 5.97 Å². The van der Waals surface area contributed by atoms with Gasteiger partial charge in [-0.25, -0.2) is 9.78 Å². The zero-order chi connectivity index (χ0) is 14.7. The van der Waals surface area contributed by atoms with E-state index in [1.54, 1.807) is 19.1 Å². The fourth-order valence-electron chi connectivity index (χ4n) is 1.54. The van der Waals surface area contributed by atoms with Crippen molar-refractivity contribution in [3.63, 3.8) is 0 Å². The molecule has 6 heteroatoms. The summed E-state index contributed by atoms with van der Waals surface area (Å²) in [6, 6.07) is 9.54. The predicted octanol–water partition coefficient (Wildman–Crippen LogP) is 3.41. The minimum atomic E-state index is -1.17. The van der Waals surface area contributed by atoms with E-state index in [1.165, 1.54) is 18.2 Å². The number of halogens is 1. The number of aromatic carboxylic acids is 1. The summed E-state index contributed by atoms with van der Waals surface area (Å²) in [5, 5.41) is 18.1. The molecule has 100 valence electrons. The lowest BCUT2D eigenvalue weighted by Gasteiger charge is -2.10. The van der Waals surface area contributed by atoms with Crippen LogP contribution in [0.15, 0.2) is 30.3 Å². The molecule has 0 unspecified atom stereocenters. The molecule has 0 bridgehead atoms. The van der Waals surface area contributed by atoms with Crippen molar-refractivity contribution in [2.24, 2.45) is 0 Å². The van der Waals surface area contributed by atoms with Crippen LogP contribution in [0.25, 0.3) is 0 Å². The van der Waals surface area contributed by atoms with Gasteiger partial charge in [0.15, 0.2) is 0 Å². The van der Waals surface area contributed by atoms with Gasteiger partial charge in [0, 0.05) is 0 Å². The summed E-state index contributed by atoms with van der Waals surface area (Å²) in [5.41, 5.74) is 1.06. The van der Waals surface area contributed by atoms with Crippen LogP contribution in [0.1, 0.15) is 21.5 Å². The van der Waals surface area contributed by atoms with Gasteiger partial charge in [0.05, 0.1) is 11.6 Å². The lowest BCUT2D eigenvalue weighted by atomic mass is 10.1. The maximum atomic E-state index is 11.1. The molecule has 5 nitrogen and oxygen atoms in total. The summed E-state index contributed by atoms with van der Waals surface area (Å²) < 4.78 is 5.50. The molecule has 0 amide bonds. The summed E-state index contributed by atoms with van der Waals surface area (Å²) in [6.45, 7) is 1.78. The highest BCUT2D eigenvalue weighted by Crippen LogP contribution is 2.28. The molecule has 0 atom stereocenters. The van der Waals surface area contributed by atoms with E-state index in [1.807, 2.05) is 6.07 Å². The normalized spacial score (nSPS) is 9.85. The van der Waals surface area contributed by atoms with E-state index in [9.17, 15) is 4.79 Å². The molecule has 0 fully saturated rings. The zero-order valence-electron chi connectivity index (χ0n) is 10.4. The number of pyridine rings is 1. The molecule has 1 aromatic carbocycles. The molecule has 2 aromatic rings. The first-order valence-electron chi connectivity index (χ1n) is 5.59. The Morgan fingerprint density at radius 3 is 2.80 bits per heavy atom. The van der Waals surface area contributed by atoms with Gasteiger partial charge in [0.2, 0.25) is 5.88 Å². The van der Waals surface area contributed by atoms with Crippen LogP contribution in [0.3, 0.4) is 0 Å². The van der Waals surface area contributed by atoms with Crippen LogP contribution in [-0.4, -0.2) is 16.1 Å². The van der Waals surface area contributed by atoms with Crippen LogP contribution in [0.4, 0.5) is 0 Å². The summed E-state index contributed by atoms with van der Waals surface area (Å²) in [7, 11) is 0. The predicted molar refractivity (Wildman–Crippen MR) is 72.2 cm³/mol. The van der Waals surface area contributed by atoms with Gasteiger partial charge in [-0.05, 0) is 36.8 Å². The van der Waals surface area contributed by atoms with Crippen LogP contribution in [0.2, 0.25) is 5.15 Å². The maximum Gasteiger partial charge on any atom is 0.341 e. The molecule has 1 aromatic heterocycles. The van der Waals surface area contributed by atoms with Crippen molar-refractivity contribution in [3.8, 4) is 17.7 Å². The summed E-state index contributed by atoms with van der Waals surface area (Å²) in [4.78, 5) is 15.0. The van der Waals surface area contributed by atoms with Crippen molar-refractivity contribution in [2.45, 2.75) is 6.92 Å². The average Bonchev–Trinajstić information content (AvgIpc) is 2.41. The minimum absolute atomic E-state index is 0.101. The van der Waals surface area contributed by atoms with Crippen LogP contribution >= 0.6 is 11.6 Å². The Labute approximate surface area is 120 Å². The van der Waals surface area contributed by atoms with Crippen molar-refractivity contribution < 1.29 is 14.6 Å². The molecule has 20 heavy (non-hydrogen) atoms. The number of aryl methyl sites for hydroxylation is 1. The number of ether oxygens (including phenoxy) is 1. The molecule has 0 aliphatic carbocycles. The van der Waals surface area contributed by atoms with Gasteiger partial charge >= 0.3 is 5.97 Å². The molecule has 1 heterocycles. The fraction of sp³-hybridized carbons (Fsp3) is 0.0714. The Bertz CT molecular complexity index is 723. The third kappa shape index (κ3) is 2.87. The molecule has 0 spiro atoms. The number of carbonyl (C=O) groups is 1. The van der Waals surface area contributed by atoms with E-state index >= 15 is 0 Å². The van der Waals surface area contributed by atoms with Gasteiger partial charge in [-0.3, -0.25) is 0 Å². The number of carboxylic acid groups (broad SMARTS) is 1. The van der Waals surface area contributed by atoms with Crippen LogP contribution in [0, 0.1) is 18.3 Å². The van der Waals surface area contributed by atoms with E-state index in [-0.39, 0.29) is 16.6 Å². The molecule has 0 saturated heterocycles. The number of nitriles is 1. The van der Waals surface area contributed by atoms with Gasteiger partial charge in [0.1, 0.15) is 16.5 Å². The van der Waals surface area contributed by atoms with Crippen LogP contribution in [-0.2, 0) is 0 Å². The first-order valence-corrected chi connectivity index (χ1v) is 5.97. The summed E-state index contributed by atoms with van der Waals surface area (Å²) in [6.07, 6.45) is 0. The topological polar surface area (TPSA) is 83.2 Å². The number of hydrogen-bond donors (Lipinski definition) is 1. The number of aromatic nitrogens is 1. The highest BCUT2D eigenvalue weighted by molar-refractivity contribution is 6.29. The zero-order valence-corrected chi connectivity index (χ0v) is 11.2. The van der Waals surface area contributed by atoms with Gasteiger partial charge < -0.3 is 9.84 Å². The summed E-state index contributed by atoms with van der Waals surface area (Å²) in [5.74, 6) is -0.914. The quantitative estimate of drug-likeness (QED) is 0.875. The maximum absolute atomic E-state index is 11.1. The Morgan fingerprint density at radius 2 is 2.15 bits per heavy atom. The standard InChI is InChI=1S/C14H9ClN2O3/c1-8-2-3-9(7-16)6-11(8)20-13-10(14(18)19)4-5-12(15)17-13/h2-6H,1H3,(H,18,19). The molecule has 0 aliphatic heterocycles. The SMILES string of the molecule is Cc1ccc(C#N)cc1Oc1nc(Cl)ccc1C(=O)O. The molecular formula is C14H9ClN2O3. The minimum Gasteiger partial charge on any atom is -0.477 e. The average molecular weight is 289 g/mol. The number of carboxylic acids is 1. The van der Waals surface area contributed by atoms with E-state index in [2.05, 4.69) is 4.98 Å². The number of benzene rings is 1.